The van der Waals surface area contributed by atoms with Crippen molar-refractivity contribution < 1.29 is 0 Å². The number of benzene rings is 1. The van der Waals surface area contributed by atoms with E-state index in [0.29, 0.717) is 10.8 Å². The van der Waals surface area contributed by atoms with Crippen LogP contribution >= 0.6 is 27.5 Å². The van der Waals surface area contributed by atoms with Crippen molar-refractivity contribution in [1.29, 1.82) is 0 Å². The average molecular weight is 326 g/mol. The molecule has 0 aliphatic rings. The Morgan fingerprint density at radius 1 is 1.33 bits per heavy atom. The molecule has 0 aliphatic heterocycles. The molecule has 2 nitrogen and oxygen atoms in total. The summed E-state index contributed by atoms with van der Waals surface area (Å²) in [6.07, 6.45) is 3.88. The first-order chi connectivity index (χ1) is 8.70. The Labute approximate surface area is 121 Å². The molecule has 0 bridgehead atoms. The van der Waals surface area contributed by atoms with Gasteiger partial charge < -0.3 is 5.32 Å². The van der Waals surface area contributed by atoms with Gasteiger partial charge in [-0.1, -0.05) is 43.1 Å². The molecule has 0 aliphatic carbocycles. The maximum atomic E-state index is 6.15. The third-order valence-corrected chi connectivity index (χ3v) is 3.32. The van der Waals surface area contributed by atoms with Crippen LogP contribution in [0, 0.1) is 0 Å². The Bertz CT molecular complexity index is 543. The van der Waals surface area contributed by atoms with E-state index in [2.05, 4.69) is 39.2 Å². The van der Waals surface area contributed by atoms with Crippen LogP contribution in [-0.2, 0) is 6.42 Å². The Balaban J connectivity index is 2.28. The van der Waals surface area contributed by atoms with Gasteiger partial charge in [0.2, 0.25) is 0 Å². The van der Waals surface area contributed by atoms with Gasteiger partial charge in [-0.25, -0.2) is 4.98 Å². The summed E-state index contributed by atoms with van der Waals surface area (Å²) in [6, 6.07) is 10.1. The van der Waals surface area contributed by atoms with Crippen molar-refractivity contribution in [2.24, 2.45) is 0 Å². The van der Waals surface area contributed by atoms with Gasteiger partial charge in [0, 0.05) is 16.4 Å². The van der Waals surface area contributed by atoms with E-state index in [-0.39, 0.29) is 0 Å². The summed E-state index contributed by atoms with van der Waals surface area (Å²) >= 11 is 9.50. The zero-order chi connectivity index (χ0) is 13.0. The number of hydrogen-bond donors (Lipinski definition) is 1. The predicted molar refractivity (Wildman–Crippen MR) is 80.7 cm³/mol. The van der Waals surface area contributed by atoms with E-state index >= 15 is 0 Å². The Hall–Kier alpha value is -1.06. The topological polar surface area (TPSA) is 24.9 Å². The van der Waals surface area contributed by atoms with Crippen LogP contribution in [0.3, 0.4) is 0 Å². The van der Waals surface area contributed by atoms with Crippen molar-refractivity contribution in [3.8, 4) is 0 Å². The fourth-order valence-corrected chi connectivity index (χ4v) is 2.44. The Morgan fingerprint density at radius 2 is 2.11 bits per heavy atom. The molecule has 0 radical (unpaired) electrons. The molecule has 1 aromatic heterocycles. The minimum atomic E-state index is 0.607. The highest BCUT2D eigenvalue weighted by Crippen LogP contribution is 2.27. The SMILES string of the molecule is CCCc1ccccc1Nc1ncc(Br)cc1Cl. The van der Waals surface area contributed by atoms with Gasteiger partial charge in [0.1, 0.15) is 5.82 Å². The van der Waals surface area contributed by atoms with E-state index in [1.54, 1.807) is 6.20 Å². The van der Waals surface area contributed by atoms with Crippen molar-refractivity contribution in [3.05, 3.63) is 51.6 Å². The highest BCUT2D eigenvalue weighted by molar-refractivity contribution is 9.10. The standard InChI is InChI=1S/C14H14BrClN2/c1-2-5-10-6-3-4-7-13(10)18-14-12(16)8-11(15)9-17-14/h3-4,6-9H,2,5H2,1H3,(H,17,18). The highest BCUT2D eigenvalue weighted by atomic mass is 79.9. The van der Waals surface area contributed by atoms with Crippen LogP contribution in [0.4, 0.5) is 11.5 Å². The normalized spacial score (nSPS) is 10.4. The van der Waals surface area contributed by atoms with Crippen molar-refractivity contribution >= 4 is 39.0 Å². The summed E-state index contributed by atoms with van der Waals surface area (Å²) in [5, 5.41) is 3.90. The molecule has 1 N–H and O–H groups in total. The smallest absolute Gasteiger partial charge is 0.149 e. The minimum absolute atomic E-state index is 0.607. The van der Waals surface area contributed by atoms with E-state index in [0.717, 1.165) is 23.0 Å². The van der Waals surface area contributed by atoms with Crippen LogP contribution in [-0.4, -0.2) is 4.98 Å². The van der Waals surface area contributed by atoms with Crippen molar-refractivity contribution in [2.75, 3.05) is 5.32 Å². The molecule has 0 amide bonds. The molecule has 2 aromatic rings. The second-order valence-electron chi connectivity index (χ2n) is 4.02. The molecule has 0 unspecified atom stereocenters. The number of nitrogens with one attached hydrogen (secondary N) is 1. The van der Waals surface area contributed by atoms with Crippen LogP contribution in [0.1, 0.15) is 18.9 Å². The second-order valence-corrected chi connectivity index (χ2v) is 5.34. The number of aryl methyl sites for hydroxylation is 1. The minimum Gasteiger partial charge on any atom is -0.339 e. The first-order valence-corrected chi connectivity index (χ1v) is 7.03. The number of anilines is 2. The molecule has 94 valence electrons. The maximum Gasteiger partial charge on any atom is 0.149 e. The van der Waals surface area contributed by atoms with Gasteiger partial charge in [0.15, 0.2) is 0 Å². The average Bonchev–Trinajstić information content (AvgIpc) is 2.35. The Morgan fingerprint density at radius 3 is 2.83 bits per heavy atom. The molecular weight excluding hydrogens is 312 g/mol. The van der Waals surface area contributed by atoms with Crippen LogP contribution in [0.2, 0.25) is 5.02 Å². The molecule has 2 rings (SSSR count). The van der Waals surface area contributed by atoms with Gasteiger partial charge in [0.05, 0.1) is 5.02 Å². The first-order valence-electron chi connectivity index (χ1n) is 5.86. The van der Waals surface area contributed by atoms with E-state index < -0.39 is 0 Å². The number of pyridine rings is 1. The number of aromatic nitrogens is 1. The van der Waals surface area contributed by atoms with Crippen LogP contribution < -0.4 is 5.32 Å². The summed E-state index contributed by atoms with van der Waals surface area (Å²) in [5.74, 6) is 0.684. The molecule has 1 aromatic carbocycles. The van der Waals surface area contributed by atoms with Crippen molar-refractivity contribution in [1.82, 2.24) is 4.98 Å². The molecular formula is C14H14BrClN2. The molecule has 0 spiro atoms. The quantitative estimate of drug-likeness (QED) is 0.836. The molecule has 4 heteroatoms. The number of rotatable bonds is 4. The lowest BCUT2D eigenvalue weighted by Gasteiger charge is -2.12. The Kier molecular flexibility index (Phi) is 4.61. The first kappa shape index (κ1) is 13.4. The number of halogens is 2. The van der Waals surface area contributed by atoms with Gasteiger partial charge in [-0.2, -0.15) is 0 Å². The monoisotopic (exact) mass is 324 g/mol. The van der Waals surface area contributed by atoms with Crippen molar-refractivity contribution in [3.63, 3.8) is 0 Å². The molecule has 0 atom stereocenters. The third-order valence-electron chi connectivity index (χ3n) is 2.60. The summed E-state index contributed by atoms with van der Waals surface area (Å²) in [4.78, 5) is 4.28. The van der Waals surface area contributed by atoms with Crippen LogP contribution in [0.5, 0.6) is 0 Å². The van der Waals surface area contributed by atoms with Gasteiger partial charge in [-0.15, -0.1) is 0 Å². The summed E-state index contributed by atoms with van der Waals surface area (Å²) in [5.41, 5.74) is 2.34. The summed E-state index contributed by atoms with van der Waals surface area (Å²) in [7, 11) is 0. The largest absolute Gasteiger partial charge is 0.339 e. The van der Waals surface area contributed by atoms with Crippen LogP contribution in [0.25, 0.3) is 0 Å². The van der Waals surface area contributed by atoms with Gasteiger partial charge in [-0.05, 0) is 40.0 Å². The van der Waals surface area contributed by atoms with E-state index in [1.165, 1.54) is 5.56 Å². The van der Waals surface area contributed by atoms with Gasteiger partial charge >= 0.3 is 0 Å². The summed E-state index contributed by atoms with van der Waals surface area (Å²) < 4.78 is 0.875. The van der Waals surface area contributed by atoms with E-state index in [9.17, 15) is 0 Å². The fraction of sp³-hybridized carbons (Fsp3) is 0.214. The molecule has 1 heterocycles. The highest BCUT2D eigenvalue weighted by Gasteiger charge is 2.06. The molecule has 0 saturated carbocycles. The van der Waals surface area contributed by atoms with E-state index in [4.69, 9.17) is 11.6 Å². The number of para-hydroxylation sites is 1. The lowest BCUT2D eigenvalue weighted by atomic mass is 10.1. The summed E-state index contributed by atoms with van der Waals surface area (Å²) in [6.45, 7) is 2.17. The second kappa shape index (κ2) is 6.21. The molecule has 0 saturated heterocycles. The zero-order valence-electron chi connectivity index (χ0n) is 10.1. The predicted octanol–water partition coefficient (Wildman–Crippen LogP) is 5.19. The number of hydrogen-bond acceptors (Lipinski definition) is 2. The van der Waals surface area contributed by atoms with Gasteiger partial charge in [-0.3, -0.25) is 0 Å². The fourth-order valence-electron chi connectivity index (χ4n) is 1.76. The van der Waals surface area contributed by atoms with Gasteiger partial charge in [0.25, 0.3) is 0 Å². The lowest BCUT2D eigenvalue weighted by molar-refractivity contribution is 0.923. The third kappa shape index (κ3) is 3.24. The van der Waals surface area contributed by atoms with Crippen molar-refractivity contribution in [2.45, 2.75) is 19.8 Å². The zero-order valence-corrected chi connectivity index (χ0v) is 12.4. The lowest BCUT2D eigenvalue weighted by Crippen LogP contribution is -1.98. The molecule has 18 heavy (non-hydrogen) atoms. The van der Waals surface area contributed by atoms with Crippen LogP contribution in [0.15, 0.2) is 41.0 Å². The number of nitrogens with zero attached hydrogens (tertiary/aromatic N) is 1. The molecule has 0 fully saturated rings. The van der Waals surface area contributed by atoms with E-state index in [1.807, 2.05) is 24.3 Å². The maximum absolute atomic E-state index is 6.15.